The molecule has 6 rings (SSSR count). The molecule has 0 amide bonds. The van der Waals surface area contributed by atoms with Crippen LogP contribution >= 0.6 is 0 Å². The fourth-order valence-corrected chi connectivity index (χ4v) is 8.26. The van der Waals surface area contributed by atoms with Crippen molar-refractivity contribution in [3.63, 3.8) is 0 Å². The van der Waals surface area contributed by atoms with Crippen molar-refractivity contribution in [1.82, 2.24) is 4.31 Å². The van der Waals surface area contributed by atoms with E-state index >= 15 is 0 Å². The third kappa shape index (κ3) is 2.66. The molecule has 142 valence electrons. The second kappa shape index (κ2) is 6.05. The van der Waals surface area contributed by atoms with E-state index in [0.717, 1.165) is 23.3 Å². The molecule has 4 saturated carbocycles. The summed E-state index contributed by atoms with van der Waals surface area (Å²) in [4.78, 5) is 0.521. The SMILES string of the molecule is Cc1ccc(C23CC4CC(CC(C4)C2)C3)cc1S(=O)(=O)N1CCOCC1. The Morgan fingerprint density at radius 3 is 2.15 bits per heavy atom. The lowest BCUT2D eigenvalue weighted by molar-refractivity contribution is -0.00529. The summed E-state index contributed by atoms with van der Waals surface area (Å²) in [5, 5.41) is 0. The first kappa shape index (κ1) is 17.2. The van der Waals surface area contributed by atoms with Gasteiger partial charge >= 0.3 is 0 Å². The summed E-state index contributed by atoms with van der Waals surface area (Å²) in [6.07, 6.45) is 8.01. The Morgan fingerprint density at radius 1 is 1.00 bits per heavy atom. The fourth-order valence-electron chi connectivity index (χ4n) is 6.60. The van der Waals surface area contributed by atoms with Gasteiger partial charge in [0.05, 0.1) is 18.1 Å². The van der Waals surface area contributed by atoms with E-state index in [1.54, 1.807) is 4.31 Å². The molecule has 1 aliphatic heterocycles. The normalized spacial score (nSPS) is 37.2. The number of nitrogens with zero attached hydrogens (tertiary/aromatic N) is 1. The van der Waals surface area contributed by atoms with Crippen molar-refractivity contribution in [2.24, 2.45) is 17.8 Å². The predicted octanol–water partition coefficient (Wildman–Crippen LogP) is 3.48. The third-order valence-corrected chi connectivity index (χ3v) is 9.47. The van der Waals surface area contributed by atoms with Crippen molar-refractivity contribution in [3.05, 3.63) is 29.3 Å². The topological polar surface area (TPSA) is 46.6 Å². The Bertz CT molecular complexity index is 775. The van der Waals surface area contributed by atoms with Crippen molar-refractivity contribution < 1.29 is 13.2 Å². The van der Waals surface area contributed by atoms with E-state index in [9.17, 15) is 8.42 Å². The van der Waals surface area contributed by atoms with Crippen LogP contribution in [0, 0.1) is 24.7 Å². The average molecular weight is 376 g/mol. The molecule has 4 aliphatic carbocycles. The smallest absolute Gasteiger partial charge is 0.243 e. The molecule has 0 radical (unpaired) electrons. The molecule has 1 aromatic carbocycles. The highest BCUT2D eigenvalue weighted by Gasteiger charge is 2.51. The van der Waals surface area contributed by atoms with Gasteiger partial charge in [0, 0.05) is 13.1 Å². The summed E-state index contributed by atoms with van der Waals surface area (Å²) in [7, 11) is -3.43. The van der Waals surface area contributed by atoms with E-state index in [-0.39, 0.29) is 5.41 Å². The number of aryl methyl sites for hydroxylation is 1. The van der Waals surface area contributed by atoms with Gasteiger partial charge in [0.25, 0.3) is 0 Å². The van der Waals surface area contributed by atoms with Gasteiger partial charge in [0.15, 0.2) is 0 Å². The van der Waals surface area contributed by atoms with Crippen molar-refractivity contribution in [3.8, 4) is 0 Å². The Balaban J connectivity index is 1.53. The molecule has 4 nitrogen and oxygen atoms in total. The van der Waals surface area contributed by atoms with Crippen LogP contribution < -0.4 is 0 Å². The Labute approximate surface area is 157 Å². The maximum Gasteiger partial charge on any atom is 0.243 e. The first-order valence-corrected chi connectivity index (χ1v) is 11.6. The van der Waals surface area contributed by atoms with Crippen LogP contribution in [0.1, 0.15) is 49.7 Å². The van der Waals surface area contributed by atoms with E-state index in [4.69, 9.17) is 4.74 Å². The first-order chi connectivity index (χ1) is 12.5. The molecule has 0 spiro atoms. The number of morpholine rings is 1. The summed E-state index contributed by atoms with van der Waals surface area (Å²) in [6, 6.07) is 6.30. The molecule has 5 heteroatoms. The predicted molar refractivity (Wildman–Crippen MR) is 101 cm³/mol. The van der Waals surface area contributed by atoms with Gasteiger partial charge in [0.2, 0.25) is 10.0 Å². The molecule has 4 bridgehead atoms. The zero-order valence-electron chi connectivity index (χ0n) is 15.6. The van der Waals surface area contributed by atoms with Crippen LogP contribution in [-0.4, -0.2) is 39.0 Å². The number of ether oxygens (including phenoxy) is 1. The van der Waals surface area contributed by atoms with Gasteiger partial charge in [-0.25, -0.2) is 8.42 Å². The molecule has 0 atom stereocenters. The quantitative estimate of drug-likeness (QED) is 0.812. The zero-order valence-corrected chi connectivity index (χ0v) is 16.4. The van der Waals surface area contributed by atoms with E-state index in [2.05, 4.69) is 6.07 Å². The van der Waals surface area contributed by atoms with Gasteiger partial charge in [-0.2, -0.15) is 4.31 Å². The zero-order chi connectivity index (χ0) is 17.9. The summed E-state index contributed by atoms with van der Waals surface area (Å²) in [5.41, 5.74) is 2.39. The second-order valence-electron chi connectivity index (χ2n) is 9.19. The molecule has 5 aliphatic rings. The van der Waals surface area contributed by atoms with Crippen LogP contribution in [0.2, 0.25) is 0 Å². The second-order valence-corrected chi connectivity index (χ2v) is 11.1. The van der Waals surface area contributed by atoms with Crippen molar-refractivity contribution in [2.75, 3.05) is 26.3 Å². The largest absolute Gasteiger partial charge is 0.379 e. The van der Waals surface area contributed by atoms with Gasteiger partial charge < -0.3 is 4.74 Å². The van der Waals surface area contributed by atoms with Crippen molar-refractivity contribution in [1.29, 1.82) is 0 Å². The highest BCUT2D eigenvalue weighted by Crippen LogP contribution is 2.60. The molecular formula is C21H29NO3S. The van der Waals surface area contributed by atoms with Gasteiger partial charge in [0.1, 0.15) is 0 Å². The van der Waals surface area contributed by atoms with E-state index in [1.807, 2.05) is 19.1 Å². The van der Waals surface area contributed by atoms with Gasteiger partial charge in [-0.1, -0.05) is 12.1 Å². The highest BCUT2D eigenvalue weighted by atomic mass is 32.2. The maximum absolute atomic E-state index is 13.3. The number of rotatable bonds is 3. The third-order valence-electron chi connectivity index (χ3n) is 7.43. The molecule has 1 heterocycles. The molecule has 1 aromatic rings. The van der Waals surface area contributed by atoms with E-state index in [0.29, 0.717) is 31.2 Å². The molecular weight excluding hydrogens is 346 g/mol. The molecule has 26 heavy (non-hydrogen) atoms. The van der Waals surface area contributed by atoms with Crippen LogP contribution in [-0.2, 0) is 20.2 Å². The molecule has 0 N–H and O–H groups in total. The lowest BCUT2D eigenvalue weighted by atomic mass is 9.48. The van der Waals surface area contributed by atoms with E-state index < -0.39 is 10.0 Å². The minimum atomic E-state index is -3.43. The Morgan fingerprint density at radius 2 is 1.58 bits per heavy atom. The summed E-state index contributed by atoms with van der Waals surface area (Å²) in [6.45, 7) is 3.84. The number of sulfonamides is 1. The first-order valence-electron chi connectivity index (χ1n) is 10.2. The fraction of sp³-hybridized carbons (Fsp3) is 0.714. The number of hydrogen-bond acceptors (Lipinski definition) is 3. The van der Waals surface area contributed by atoms with Gasteiger partial charge in [-0.05, 0) is 85.8 Å². The monoisotopic (exact) mass is 375 g/mol. The van der Waals surface area contributed by atoms with Crippen LogP contribution in [0.15, 0.2) is 23.1 Å². The van der Waals surface area contributed by atoms with E-state index in [1.165, 1.54) is 44.1 Å². The van der Waals surface area contributed by atoms with Crippen LogP contribution in [0.4, 0.5) is 0 Å². The lowest BCUT2D eigenvalue weighted by Gasteiger charge is -2.57. The molecule has 0 unspecified atom stereocenters. The number of hydrogen-bond donors (Lipinski definition) is 0. The average Bonchev–Trinajstić information content (AvgIpc) is 2.61. The summed E-state index contributed by atoms with van der Waals surface area (Å²) < 4.78 is 33.5. The van der Waals surface area contributed by atoms with Crippen LogP contribution in [0.3, 0.4) is 0 Å². The Kier molecular flexibility index (Phi) is 4.00. The van der Waals surface area contributed by atoms with Crippen molar-refractivity contribution >= 4 is 10.0 Å². The highest BCUT2D eigenvalue weighted by molar-refractivity contribution is 7.89. The molecule has 1 saturated heterocycles. The van der Waals surface area contributed by atoms with Gasteiger partial charge in [-0.3, -0.25) is 0 Å². The summed E-state index contributed by atoms with van der Waals surface area (Å²) in [5.74, 6) is 2.59. The van der Waals surface area contributed by atoms with Crippen molar-refractivity contribution in [2.45, 2.75) is 55.8 Å². The minimum Gasteiger partial charge on any atom is -0.379 e. The van der Waals surface area contributed by atoms with Crippen LogP contribution in [0.25, 0.3) is 0 Å². The van der Waals surface area contributed by atoms with Crippen LogP contribution in [0.5, 0.6) is 0 Å². The Hall–Kier alpha value is -0.910. The lowest BCUT2D eigenvalue weighted by Crippen LogP contribution is -2.48. The molecule has 5 fully saturated rings. The maximum atomic E-state index is 13.3. The standard InChI is InChI=1S/C21H29NO3S/c1-15-2-3-19(11-20(15)26(23,24)22-4-6-25-7-5-22)21-12-16-8-17(13-21)10-18(9-16)14-21/h2-3,11,16-18H,4-10,12-14H2,1H3. The number of benzene rings is 1. The molecule has 0 aromatic heterocycles. The van der Waals surface area contributed by atoms with Gasteiger partial charge in [-0.15, -0.1) is 0 Å². The minimum absolute atomic E-state index is 0.234. The summed E-state index contributed by atoms with van der Waals surface area (Å²) >= 11 is 0.